The molecule has 5 nitrogen and oxygen atoms in total. The Bertz CT molecular complexity index is 604. The molecule has 0 radical (unpaired) electrons. The van der Waals surface area contributed by atoms with Crippen LogP contribution in [0.5, 0.6) is 0 Å². The highest BCUT2D eigenvalue weighted by Crippen LogP contribution is 2.22. The first-order valence-corrected chi connectivity index (χ1v) is 10.1. The van der Waals surface area contributed by atoms with Crippen LogP contribution in [0.2, 0.25) is 0 Å². The van der Waals surface area contributed by atoms with Crippen molar-refractivity contribution in [1.29, 1.82) is 0 Å². The predicted octanol–water partition coefficient (Wildman–Crippen LogP) is 3.63. The molecule has 0 aliphatic carbocycles. The fraction of sp³-hybridized carbons (Fsp3) is 0.579. The number of hydrogen-bond donors (Lipinski definition) is 2. The lowest BCUT2D eigenvalue weighted by atomic mass is 10.2. The van der Waals surface area contributed by atoms with Gasteiger partial charge in [0.25, 0.3) is 0 Å². The number of halogens is 1. The van der Waals surface area contributed by atoms with Crippen molar-refractivity contribution in [3.05, 3.63) is 29.8 Å². The molecule has 1 fully saturated rings. The molecule has 1 amide bonds. The Morgan fingerprint density at radius 2 is 1.96 bits per heavy atom. The van der Waals surface area contributed by atoms with Gasteiger partial charge in [-0.05, 0) is 51.1 Å². The third kappa shape index (κ3) is 6.98. The second-order valence-electron chi connectivity index (χ2n) is 6.83. The van der Waals surface area contributed by atoms with Gasteiger partial charge in [-0.15, -0.1) is 24.0 Å². The number of carbonyl (C=O) groups is 1. The molecular formula is C19H31IN4OS. The second-order valence-corrected chi connectivity index (χ2v) is 8.34. The maximum absolute atomic E-state index is 11.8. The lowest BCUT2D eigenvalue weighted by Gasteiger charge is -2.23. The van der Waals surface area contributed by atoms with Crippen LogP contribution >= 0.6 is 35.7 Å². The summed E-state index contributed by atoms with van der Waals surface area (Å²) < 4.78 is 0.167. The number of nitrogens with one attached hydrogen (secondary N) is 2. The van der Waals surface area contributed by atoms with Crippen molar-refractivity contribution in [3.8, 4) is 0 Å². The molecule has 1 aliphatic heterocycles. The van der Waals surface area contributed by atoms with E-state index in [1.165, 1.54) is 0 Å². The third-order valence-electron chi connectivity index (χ3n) is 4.32. The van der Waals surface area contributed by atoms with Gasteiger partial charge in [0.15, 0.2) is 5.96 Å². The van der Waals surface area contributed by atoms with Gasteiger partial charge in [0.2, 0.25) is 5.91 Å². The predicted molar refractivity (Wildman–Crippen MR) is 124 cm³/mol. The van der Waals surface area contributed by atoms with E-state index in [0.29, 0.717) is 13.0 Å². The van der Waals surface area contributed by atoms with Gasteiger partial charge in [0, 0.05) is 36.5 Å². The van der Waals surface area contributed by atoms with Crippen molar-refractivity contribution in [2.75, 3.05) is 30.8 Å². The van der Waals surface area contributed by atoms with E-state index in [4.69, 9.17) is 0 Å². The number of thioether (sulfide) groups is 1. The standard InChI is InChI=1S/C19H30N4OS.HI/c1-5-20-18(22-14-19(2,3)25-4)21-13-15-8-10-16(11-9-15)23-12-6-7-17(23)24;/h8-11H,5-7,12-14H2,1-4H3,(H2,20,21,22);1H. The van der Waals surface area contributed by atoms with Crippen LogP contribution in [0.4, 0.5) is 5.69 Å². The van der Waals surface area contributed by atoms with Gasteiger partial charge in [-0.25, -0.2) is 4.99 Å². The first kappa shape index (κ1) is 23.1. The molecule has 0 aromatic heterocycles. The first-order chi connectivity index (χ1) is 11.9. The summed E-state index contributed by atoms with van der Waals surface area (Å²) in [5.41, 5.74) is 2.12. The van der Waals surface area contributed by atoms with E-state index >= 15 is 0 Å². The Labute approximate surface area is 178 Å². The molecule has 146 valence electrons. The van der Waals surface area contributed by atoms with Gasteiger partial charge in [-0.1, -0.05) is 12.1 Å². The highest BCUT2D eigenvalue weighted by Gasteiger charge is 2.21. The summed E-state index contributed by atoms with van der Waals surface area (Å²) in [6.45, 7) is 9.63. The van der Waals surface area contributed by atoms with E-state index in [9.17, 15) is 4.79 Å². The molecule has 7 heteroatoms. The summed E-state index contributed by atoms with van der Waals surface area (Å²) >= 11 is 1.84. The summed E-state index contributed by atoms with van der Waals surface area (Å²) in [5, 5.41) is 6.70. The van der Waals surface area contributed by atoms with Crippen molar-refractivity contribution < 1.29 is 4.79 Å². The van der Waals surface area contributed by atoms with Crippen LogP contribution in [0.15, 0.2) is 29.3 Å². The highest BCUT2D eigenvalue weighted by atomic mass is 127. The minimum Gasteiger partial charge on any atom is -0.357 e. The molecular weight excluding hydrogens is 459 g/mol. The number of benzene rings is 1. The molecule has 1 aromatic rings. The molecule has 0 bridgehead atoms. The van der Waals surface area contributed by atoms with Gasteiger partial charge in [-0.2, -0.15) is 11.8 Å². The van der Waals surface area contributed by atoms with E-state index in [-0.39, 0.29) is 34.6 Å². The molecule has 0 unspecified atom stereocenters. The summed E-state index contributed by atoms with van der Waals surface area (Å²) in [4.78, 5) is 18.3. The molecule has 1 saturated heterocycles. The Kier molecular flexibility index (Phi) is 9.78. The molecule has 1 heterocycles. The summed E-state index contributed by atoms with van der Waals surface area (Å²) in [6, 6.07) is 8.15. The fourth-order valence-electron chi connectivity index (χ4n) is 2.58. The van der Waals surface area contributed by atoms with Crippen LogP contribution in [-0.2, 0) is 11.3 Å². The minimum absolute atomic E-state index is 0. The van der Waals surface area contributed by atoms with Crippen LogP contribution in [0.25, 0.3) is 0 Å². The normalized spacial score (nSPS) is 15.0. The Balaban J connectivity index is 0.00000338. The van der Waals surface area contributed by atoms with E-state index in [0.717, 1.165) is 43.3 Å². The summed E-state index contributed by atoms with van der Waals surface area (Å²) in [6.07, 6.45) is 3.74. The molecule has 2 N–H and O–H groups in total. The average molecular weight is 490 g/mol. The lowest BCUT2D eigenvalue weighted by Crippen LogP contribution is -2.43. The third-order valence-corrected chi connectivity index (χ3v) is 5.57. The molecule has 1 aromatic carbocycles. The molecule has 2 rings (SSSR count). The SMILES string of the molecule is CCNC(=NCc1ccc(N2CCCC2=O)cc1)NCC(C)(C)SC.I. The van der Waals surface area contributed by atoms with Gasteiger partial charge in [-0.3, -0.25) is 4.79 Å². The lowest BCUT2D eigenvalue weighted by molar-refractivity contribution is -0.117. The number of nitrogens with zero attached hydrogens (tertiary/aromatic N) is 2. The van der Waals surface area contributed by atoms with Gasteiger partial charge in [0.05, 0.1) is 6.54 Å². The number of guanidine groups is 1. The van der Waals surface area contributed by atoms with Gasteiger partial charge >= 0.3 is 0 Å². The van der Waals surface area contributed by atoms with Crippen LogP contribution in [-0.4, -0.2) is 42.5 Å². The van der Waals surface area contributed by atoms with E-state index in [1.807, 2.05) is 28.8 Å². The Hall–Kier alpha value is -0.960. The number of amides is 1. The molecule has 1 aliphatic rings. The number of anilines is 1. The van der Waals surface area contributed by atoms with Gasteiger partial charge in [0.1, 0.15) is 0 Å². The fourth-order valence-corrected chi connectivity index (χ4v) is 2.80. The molecule has 0 saturated carbocycles. The number of aliphatic imine (C=N–C) groups is 1. The largest absolute Gasteiger partial charge is 0.357 e. The molecule has 0 atom stereocenters. The zero-order valence-electron chi connectivity index (χ0n) is 16.2. The van der Waals surface area contributed by atoms with Crippen LogP contribution in [0.1, 0.15) is 39.2 Å². The van der Waals surface area contributed by atoms with Crippen molar-refractivity contribution >= 4 is 53.3 Å². The number of hydrogen-bond acceptors (Lipinski definition) is 3. The zero-order valence-corrected chi connectivity index (χ0v) is 19.3. The summed E-state index contributed by atoms with van der Waals surface area (Å²) in [7, 11) is 0. The smallest absolute Gasteiger partial charge is 0.227 e. The molecule has 0 spiro atoms. The first-order valence-electron chi connectivity index (χ1n) is 8.92. The number of rotatable bonds is 7. The van der Waals surface area contributed by atoms with Crippen molar-refractivity contribution in [2.45, 2.75) is 44.9 Å². The Morgan fingerprint density at radius 1 is 1.27 bits per heavy atom. The number of carbonyl (C=O) groups excluding carboxylic acids is 1. The van der Waals surface area contributed by atoms with Crippen LogP contribution < -0.4 is 15.5 Å². The quantitative estimate of drug-likeness (QED) is 0.348. The van der Waals surface area contributed by atoms with Crippen molar-refractivity contribution in [3.63, 3.8) is 0 Å². The van der Waals surface area contributed by atoms with Crippen LogP contribution in [0.3, 0.4) is 0 Å². The summed E-state index contributed by atoms with van der Waals surface area (Å²) in [5.74, 6) is 1.06. The van der Waals surface area contributed by atoms with E-state index in [2.05, 4.69) is 54.8 Å². The average Bonchev–Trinajstić information content (AvgIpc) is 3.04. The molecule has 26 heavy (non-hydrogen) atoms. The second kappa shape index (κ2) is 11.0. The minimum atomic E-state index is 0. The Morgan fingerprint density at radius 3 is 2.50 bits per heavy atom. The maximum Gasteiger partial charge on any atom is 0.227 e. The van der Waals surface area contributed by atoms with Gasteiger partial charge < -0.3 is 15.5 Å². The monoisotopic (exact) mass is 490 g/mol. The van der Waals surface area contributed by atoms with Crippen molar-refractivity contribution in [2.24, 2.45) is 4.99 Å². The van der Waals surface area contributed by atoms with Crippen LogP contribution in [0, 0.1) is 0 Å². The van der Waals surface area contributed by atoms with E-state index in [1.54, 1.807) is 0 Å². The maximum atomic E-state index is 11.8. The zero-order chi connectivity index (χ0) is 18.3. The van der Waals surface area contributed by atoms with Crippen molar-refractivity contribution in [1.82, 2.24) is 10.6 Å². The van der Waals surface area contributed by atoms with E-state index < -0.39 is 0 Å². The highest BCUT2D eigenvalue weighted by molar-refractivity contribution is 14.0. The topological polar surface area (TPSA) is 56.7 Å².